The van der Waals surface area contributed by atoms with Gasteiger partial charge >= 0.3 is 0 Å². The topological polar surface area (TPSA) is 109 Å². The monoisotopic (exact) mass is 434 g/mol. The lowest BCUT2D eigenvalue weighted by Gasteiger charge is -2.30. The zero-order valence-corrected chi connectivity index (χ0v) is 18.6. The van der Waals surface area contributed by atoms with Gasteiger partial charge in [0.1, 0.15) is 17.6 Å². The Morgan fingerprint density at radius 1 is 1.30 bits per heavy atom. The molecule has 2 amide bonds. The van der Waals surface area contributed by atoms with Crippen LogP contribution in [0.3, 0.4) is 0 Å². The molecule has 164 valence electrons. The molecule has 0 saturated carbocycles. The maximum absolute atomic E-state index is 12.8. The molecule has 10 heteroatoms. The zero-order chi connectivity index (χ0) is 21.7. The fourth-order valence-electron chi connectivity index (χ4n) is 3.39. The van der Waals surface area contributed by atoms with Crippen LogP contribution < -0.4 is 21.1 Å². The Balaban J connectivity index is 1.68. The van der Waals surface area contributed by atoms with Gasteiger partial charge in [0.05, 0.1) is 0 Å². The molecule has 2 aromatic rings. The molecule has 0 bridgehead atoms. The number of piperidine rings is 1. The Morgan fingerprint density at radius 2 is 2.03 bits per heavy atom. The van der Waals surface area contributed by atoms with E-state index in [9.17, 15) is 14.4 Å². The molecule has 0 radical (unpaired) electrons. The van der Waals surface area contributed by atoms with Crippen LogP contribution in [-0.2, 0) is 16.1 Å². The van der Waals surface area contributed by atoms with Gasteiger partial charge in [0.25, 0.3) is 5.56 Å². The van der Waals surface area contributed by atoms with Crippen LogP contribution in [0.1, 0.15) is 46.5 Å². The van der Waals surface area contributed by atoms with Gasteiger partial charge in [-0.25, -0.2) is 4.98 Å². The highest BCUT2D eigenvalue weighted by molar-refractivity contribution is 7.22. The van der Waals surface area contributed by atoms with Crippen molar-refractivity contribution in [3.8, 4) is 0 Å². The van der Waals surface area contributed by atoms with Crippen LogP contribution in [0.2, 0.25) is 0 Å². The SMILES string of the molecule is CCCNC(=O)C1CCN(c2nc3ncn(CC(=O)N[C@@H](C)CC)c(=O)c3s2)CC1. The predicted molar refractivity (Wildman–Crippen MR) is 118 cm³/mol. The van der Waals surface area contributed by atoms with E-state index in [2.05, 4.69) is 25.5 Å². The molecule has 9 nitrogen and oxygen atoms in total. The van der Waals surface area contributed by atoms with Crippen LogP contribution >= 0.6 is 11.3 Å². The van der Waals surface area contributed by atoms with Gasteiger partial charge in [0.2, 0.25) is 11.8 Å². The third-order valence-corrected chi connectivity index (χ3v) is 6.49. The molecule has 0 aromatic carbocycles. The van der Waals surface area contributed by atoms with E-state index in [1.54, 1.807) is 0 Å². The van der Waals surface area contributed by atoms with Gasteiger partial charge in [-0.05, 0) is 32.6 Å². The number of aromatic nitrogens is 3. The van der Waals surface area contributed by atoms with Gasteiger partial charge in [0, 0.05) is 31.6 Å². The number of hydrogen-bond donors (Lipinski definition) is 2. The van der Waals surface area contributed by atoms with E-state index in [4.69, 9.17) is 0 Å². The highest BCUT2D eigenvalue weighted by Gasteiger charge is 2.26. The number of rotatable bonds is 8. The summed E-state index contributed by atoms with van der Waals surface area (Å²) >= 11 is 1.30. The first-order valence-corrected chi connectivity index (χ1v) is 11.4. The molecule has 3 heterocycles. The van der Waals surface area contributed by atoms with Crippen molar-refractivity contribution >= 4 is 38.6 Å². The third kappa shape index (κ3) is 5.16. The summed E-state index contributed by atoms with van der Waals surface area (Å²) < 4.78 is 1.78. The number of anilines is 1. The van der Waals surface area contributed by atoms with Crippen molar-refractivity contribution in [2.45, 2.75) is 59.0 Å². The number of carbonyl (C=O) groups is 2. The predicted octanol–water partition coefficient (Wildman–Crippen LogP) is 1.51. The second-order valence-corrected chi connectivity index (χ2v) is 8.73. The Labute approximate surface area is 179 Å². The molecule has 2 aromatic heterocycles. The standard InChI is InChI=1S/C20H30N6O3S/c1-4-8-21-18(28)14-6-9-25(10-7-14)20-24-17-16(30-20)19(29)26(12-22-17)11-15(27)23-13(3)5-2/h12-14H,4-11H2,1-3H3,(H,21,28)(H,23,27)/t13-/m0/s1. The van der Waals surface area contributed by atoms with Crippen molar-refractivity contribution in [3.63, 3.8) is 0 Å². The summed E-state index contributed by atoms with van der Waals surface area (Å²) in [6.45, 7) is 8.04. The Hall–Kier alpha value is -2.49. The highest BCUT2D eigenvalue weighted by Crippen LogP contribution is 2.29. The van der Waals surface area contributed by atoms with E-state index in [0.717, 1.165) is 43.9 Å². The van der Waals surface area contributed by atoms with Crippen LogP contribution in [0, 0.1) is 5.92 Å². The van der Waals surface area contributed by atoms with Crippen molar-refractivity contribution in [2.24, 2.45) is 5.92 Å². The summed E-state index contributed by atoms with van der Waals surface area (Å²) in [5.74, 6) is -0.0525. The number of amides is 2. The Bertz CT molecular complexity index is 948. The Kier molecular flexibility index (Phi) is 7.41. The minimum atomic E-state index is -0.253. The summed E-state index contributed by atoms with van der Waals surface area (Å²) in [5.41, 5.74) is 0.151. The van der Waals surface area contributed by atoms with Crippen LogP contribution in [0.4, 0.5) is 5.13 Å². The van der Waals surface area contributed by atoms with Crippen molar-refractivity contribution in [2.75, 3.05) is 24.5 Å². The molecule has 3 rings (SSSR count). The van der Waals surface area contributed by atoms with Gasteiger partial charge < -0.3 is 15.5 Å². The van der Waals surface area contributed by atoms with E-state index in [-0.39, 0.29) is 35.9 Å². The van der Waals surface area contributed by atoms with E-state index in [0.29, 0.717) is 16.9 Å². The fourth-order valence-corrected chi connectivity index (χ4v) is 4.41. The van der Waals surface area contributed by atoms with Crippen molar-refractivity contribution in [3.05, 3.63) is 16.7 Å². The molecule has 0 spiro atoms. The first-order valence-electron chi connectivity index (χ1n) is 10.6. The first-order chi connectivity index (χ1) is 14.4. The van der Waals surface area contributed by atoms with Crippen molar-refractivity contribution in [1.29, 1.82) is 0 Å². The molecule has 30 heavy (non-hydrogen) atoms. The van der Waals surface area contributed by atoms with Gasteiger partial charge in [-0.2, -0.15) is 4.98 Å². The normalized spacial score (nSPS) is 15.9. The average molecular weight is 435 g/mol. The molecule has 1 atom stereocenters. The quantitative estimate of drug-likeness (QED) is 0.652. The van der Waals surface area contributed by atoms with Gasteiger partial charge in [-0.3, -0.25) is 19.0 Å². The molecule has 1 aliphatic heterocycles. The minimum Gasteiger partial charge on any atom is -0.356 e. The zero-order valence-electron chi connectivity index (χ0n) is 17.8. The van der Waals surface area contributed by atoms with Gasteiger partial charge in [-0.15, -0.1) is 0 Å². The van der Waals surface area contributed by atoms with E-state index in [1.165, 1.54) is 22.2 Å². The first kappa shape index (κ1) is 22.2. The number of carbonyl (C=O) groups excluding carboxylic acids is 2. The second-order valence-electron chi connectivity index (χ2n) is 7.76. The largest absolute Gasteiger partial charge is 0.356 e. The highest BCUT2D eigenvalue weighted by atomic mass is 32.1. The summed E-state index contributed by atoms with van der Waals surface area (Å²) in [4.78, 5) is 48.0. The molecular weight excluding hydrogens is 404 g/mol. The van der Waals surface area contributed by atoms with Crippen LogP contribution in [0.25, 0.3) is 10.3 Å². The molecule has 0 aliphatic carbocycles. The minimum absolute atomic E-state index is 0.0292. The molecular formula is C20H30N6O3S. The maximum Gasteiger partial charge on any atom is 0.273 e. The van der Waals surface area contributed by atoms with Crippen LogP contribution in [-0.4, -0.2) is 52.0 Å². The maximum atomic E-state index is 12.8. The number of thiazole rings is 1. The summed E-state index contributed by atoms with van der Waals surface area (Å²) in [6.07, 6.45) is 4.67. The molecule has 1 aliphatic rings. The van der Waals surface area contributed by atoms with E-state index >= 15 is 0 Å². The lowest BCUT2D eigenvalue weighted by Crippen LogP contribution is -2.40. The number of hydrogen-bond acceptors (Lipinski definition) is 7. The second kappa shape index (κ2) is 10.0. The fraction of sp³-hybridized carbons (Fsp3) is 0.650. The lowest BCUT2D eigenvalue weighted by molar-refractivity contribution is -0.125. The van der Waals surface area contributed by atoms with Crippen molar-refractivity contribution < 1.29 is 9.59 Å². The molecule has 2 N–H and O–H groups in total. The molecule has 1 saturated heterocycles. The summed E-state index contributed by atoms with van der Waals surface area (Å²) in [6, 6.07) is 0.0619. The molecule has 1 fully saturated rings. The Morgan fingerprint density at radius 3 is 2.70 bits per heavy atom. The van der Waals surface area contributed by atoms with E-state index in [1.807, 2.05) is 20.8 Å². The van der Waals surface area contributed by atoms with Gasteiger partial charge in [-0.1, -0.05) is 25.2 Å². The number of nitrogens with zero attached hydrogens (tertiary/aromatic N) is 4. The molecule has 0 unspecified atom stereocenters. The van der Waals surface area contributed by atoms with E-state index < -0.39 is 0 Å². The lowest BCUT2D eigenvalue weighted by atomic mass is 9.96. The third-order valence-electron chi connectivity index (χ3n) is 5.39. The van der Waals surface area contributed by atoms with Crippen LogP contribution in [0.5, 0.6) is 0 Å². The van der Waals surface area contributed by atoms with Crippen LogP contribution in [0.15, 0.2) is 11.1 Å². The average Bonchev–Trinajstić information content (AvgIpc) is 3.19. The smallest absolute Gasteiger partial charge is 0.273 e. The summed E-state index contributed by atoms with van der Waals surface area (Å²) in [5, 5.41) is 6.56. The number of nitrogens with one attached hydrogen (secondary N) is 2. The van der Waals surface area contributed by atoms with Crippen molar-refractivity contribution in [1.82, 2.24) is 25.2 Å². The number of fused-ring (bicyclic) bond motifs is 1. The summed E-state index contributed by atoms with van der Waals surface area (Å²) in [7, 11) is 0. The van der Waals surface area contributed by atoms with Gasteiger partial charge in [0.15, 0.2) is 10.8 Å².